The molecule has 1 aromatic rings. The summed E-state index contributed by atoms with van der Waals surface area (Å²) in [5.74, 6) is 2.48. The average Bonchev–Trinajstić information content (AvgIpc) is 2.32. The Morgan fingerprint density at radius 2 is 1.94 bits per heavy atom. The number of thioether (sulfide) groups is 2. The molecule has 0 spiro atoms. The van der Waals surface area contributed by atoms with Crippen LogP contribution in [0.15, 0.2) is 29.2 Å². The third-order valence-electron chi connectivity index (χ3n) is 2.48. The van der Waals surface area contributed by atoms with Crippen molar-refractivity contribution in [2.24, 2.45) is 0 Å². The molecular weight excluding hydrogens is 258 g/mol. The van der Waals surface area contributed by atoms with Gasteiger partial charge in [-0.05, 0) is 62.6 Å². The van der Waals surface area contributed by atoms with Crippen LogP contribution in [-0.4, -0.2) is 23.3 Å². The Morgan fingerprint density at radius 1 is 1.17 bits per heavy atom. The summed E-state index contributed by atoms with van der Waals surface area (Å²) in [4.78, 5) is 1.39. The summed E-state index contributed by atoms with van der Waals surface area (Å²) in [6.07, 6.45) is 3.46. The normalized spacial score (nSPS) is 11.8. The van der Waals surface area contributed by atoms with Gasteiger partial charge in [-0.1, -0.05) is 12.1 Å². The molecule has 0 bridgehead atoms. The van der Waals surface area contributed by atoms with Crippen molar-refractivity contribution >= 4 is 23.5 Å². The second kappa shape index (κ2) is 8.13. The molecule has 0 atom stereocenters. The van der Waals surface area contributed by atoms with E-state index in [0.717, 1.165) is 6.54 Å². The molecule has 0 saturated heterocycles. The highest BCUT2D eigenvalue weighted by Gasteiger charge is 2.08. The third kappa shape index (κ3) is 7.34. The van der Waals surface area contributed by atoms with Crippen molar-refractivity contribution in [2.75, 3.05) is 17.8 Å². The van der Waals surface area contributed by atoms with Gasteiger partial charge in [0.05, 0.1) is 0 Å². The molecule has 0 radical (unpaired) electrons. The minimum atomic E-state index is 0.182. The molecule has 0 heterocycles. The van der Waals surface area contributed by atoms with Crippen molar-refractivity contribution in [3.05, 3.63) is 29.8 Å². The first-order valence-corrected chi connectivity index (χ1v) is 8.85. The highest BCUT2D eigenvalue weighted by Crippen LogP contribution is 2.20. The zero-order valence-electron chi connectivity index (χ0n) is 12.0. The van der Waals surface area contributed by atoms with Gasteiger partial charge in [0.15, 0.2) is 0 Å². The molecule has 18 heavy (non-hydrogen) atoms. The van der Waals surface area contributed by atoms with E-state index in [1.807, 2.05) is 23.5 Å². The molecule has 1 rings (SSSR count). The number of rotatable bonds is 7. The van der Waals surface area contributed by atoms with E-state index < -0.39 is 0 Å². The maximum Gasteiger partial charge on any atom is 0.0210 e. The van der Waals surface area contributed by atoms with E-state index in [4.69, 9.17) is 0 Å². The number of benzene rings is 1. The molecule has 102 valence electrons. The van der Waals surface area contributed by atoms with Gasteiger partial charge >= 0.3 is 0 Å². The maximum atomic E-state index is 3.53. The van der Waals surface area contributed by atoms with Crippen LogP contribution in [-0.2, 0) is 6.54 Å². The molecule has 0 aliphatic heterocycles. The smallest absolute Gasteiger partial charge is 0.0210 e. The Labute approximate surface area is 121 Å². The number of hydrogen-bond donors (Lipinski definition) is 1. The lowest BCUT2D eigenvalue weighted by Gasteiger charge is -2.20. The van der Waals surface area contributed by atoms with Crippen LogP contribution in [0.4, 0.5) is 0 Å². The van der Waals surface area contributed by atoms with Gasteiger partial charge in [-0.3, -0.25) is 0 Å². The number of hydrogen-bond acceptors (Lipinski definition) is 3. The number of nitrogens with one attached hydrogen (secondary N) is 1. The SMILES string of the molecule is CSCCCSc1cccc(CNC(C)(C)C)c1. The third-order valence-corrected chi connectivity index (χ3v) is 4.26. The zero-order valence-corrected chi connectivity index (χ0v) is 13.6. The van der Waals surface area contributed by atoms with Crippen molar-refractivity contribution in [1.82, 2.24) is 5.32 Å². The highest BCUT2D eigenvalue weighted by molar-refractivity contribution is 7.99. The fourth-order valence-corrected chi connectivity index (χ4v) is 3.06. The predicted octanol–water partition coefficient (Wildman–Crippen LogP) is 4.42. The van der Waals surface area contributed by atoms with Crippen LogP contribution in [0.3, 0.4) is 0 Å². The Balaban J connectivity index is 2.41. The summed E-state index contributed by atoms with van der Waals surface area (Å²) in [5.41, 5.74) is 1.56. The first-order chi connectivity index (χ1) is 8.51. The minimum absolute atomic E-state index is 0.182. The summed E-state index contributed by atoms with van der Waals surface area (Å²) in [7, 11) is 0. The molecule has 0 unspecified atom stereocenters. The van der Waals surface area contributed by atoms with E-state index in [9.17, 15) is 0 Å². The van der Waals surface area contributed by atoms with E-state index in [1.165, 1.54) is 28.4 Å². The van der Waals surface area contributed by atoms with Crippen LogP contribution >= 0.6 is 23.5 Å². The summed E-state index contributed by atoms with van der Waals surface area (Å²) < 4.78 is 0. The Bertz CT molecular complexity index is 345. The molecule has 0 aliphatic carbocycles. The summed E-state index contributed by atoms with van der Waals surface area (Å²) in [6, 6.07) is 8.88. The Kier molecular flexibility index (Phi) is 7.20. The van der Waals surface area contributed by atoms with Crippen molar-refractivity contribution in [3.63, 3.8) is 0 Å². The van der Waals surface area contributed by atoms with Crippen LogP contribution in [0.25, 0.3) is 0 Å². The van der Waals surface area contributed by atoms with E-state index >= 15 is 0 Å². The van der Waals surface area contributed by atoms with Gasteiger partial charge in [0.25, 0.3) is 0 Å². The first kappa shape index (κ1) is 15.9. The van der Waals surface area contributed by atoms with Gasteiger partial charge in [-0.15, -0.1) is 11.8 Å². The summed E-state index contributed by atoms with van der Waals surface area (Å²) in [6.45, 7) is 7.55. The largest absolute Gasteiger partial charge is 0.308 e. The molecule has 0 aliphatic rings. The molecule has 0 saturated carbocycles. The van der Waals surface area contributed by atoms with E-state index in [0.29, 0.717) is 0 Å². The lowest BCUT2D eigenvalue weighted by Crippen LogP contribution is -2.35. The van der Waals surface area contributed by atoms with E-state index in [2.05, 4.69) is 56.6 Å². The van der Waals surface area contributed by atoms with Crippen molar-refractivity contribution in [3.8, 4) is 0 Å². The molecule has 0 amide bonds. The fraction of sp³-hybridized carbons (Fsp3) is 0.600. The van der Waals surface area contributed by atoms with Gasteiger partial charge in [0.2, 0.25) is 0 Å². The molecule has 1 aromatic carbocycles. The van der Waals surface area contributed by atoms with Gasteiger partial charge in [0.1, 0.15) is 0 Å². The highest BCUT2D eigenvalue weighted by atomic mass is 32.2. The van der Waals surface area contributed by atoms with Gasteiger partial charge < -0.3 is 5.32 Å². The Morgan fingerprint density at radius 3 is 2.61 bits per heavy atom. The second-order valence-electron chi connectivity index (χ2n) is 5.45. The van der Waals surface area contributed by atoms with Crippen LogP contribution in [0.5, 0.6) is 0 Å². The van der Waals surface area contributed by atoms with Crippen molar-refractivity contribution in [1.29, 1.82) is 0 Å². The topological polar surface area (TPSA) is 12.0 Å². The van der Waals surface area contributed by atoms with E-state index in [-0.39, 0.29) is 5.54 Å². The van der Waals surface area contributed by atoms with Crippen LogP contribution in [0, 0.1) is 0 Å². The predicted molar refractivity (Wildman–Crippen MR) is 86.8 cm³/mol. The molecule has 1 nitrogen and oxygen atoms in total. The van der Waals surface area contributed by atoms with Crippen molar-refractivity contribution < 1.29 is 0 Å². The quantitative estimate of drug-likeness (QED) is 0.587. The summed E-state index contributed by atoms with van der Waals surface area (Å²) in [5, 5.41) is 3.53. The standard InChI is InChI=1S/C15H25NS2/c1-15(2,3)16-12-13-7-5-8-14(11-13)18-10-6-9-17-4/h5,7-8,11,16H,6,9-10,12H2,1-4H3. The maximum absolute atomic E-state index is 3.53. The van der Waals surface area contributed by atoms with Gasteiger partial charge in [-0.2, -0.15) is 11.8 Å². The van der Waals surface area contributed by atoms with Gasteiger partial charge in [-0.25, -0.2) is 0 Å². The second-order valence-corrected chi connectivity index (χ2v) is 7.60. The fourth-order valence-electron chi connectivity index (χ4n) is 1.51. The molecule has 3 heteroatoms. The average molecular weight is 284 g/mol. The monoisotopic (exact) mass is 283 g/mol. The van der Waals surface area contributed by atoms with Crippen LogP contribution in [0.1, 0.15) is 32.8 Å². The molecular formula is C15H25NS2. The van der Waals surface area contributed by atoms with Crippen LogP contribution < -0.4 is 5.32 Å². The van der Waals surface area contributed by atoms with E-state index in [1.54, 1.807) is 0 Å². The molecule has 1 N–H and O–H groups in total. The zero-order chi connectivity index (χ0) is 13.4. The first-order valence-electron chi connectivity index (χ1n) is 6.47. The minimum Gasteiger partial charge on any atom is -0.308 e. The molecule has 0 fully saturated rings. The lowest BCUT2D eigenvalue weighted by atomic mass is 10.1. The molecule has 0 aromatic heterocycles. The summed E-state index contributed by atoms with van der Waals surface area (Å²) >= 11 is 3.89. The Hall–Kier alpha value is -0.120. The van der Waals surface area contributed by atoms with Crippen molar-refractivity contribution in [2.45, 2.75) is 44.2 Å². The van der Waals surface area contributed by atoms with Gasteiger partial charge in [0, 0.05) is 17.0 Å². The van der Waals surface area contributed by atoms with Crippen LogP contribution in [0.2, 0.25) is 0 Å². The lowest BCUT2D eigenvalue weighted by molar-refractivity contribution is 0.424.